The van der Waals surface area contributed by atoms with Gasteiger partial charge < -0.3 is 9.84 Å². The van der Waals surface area contributed by atoms with Gasteiger partial charge in [0.15, 0.2) is 0 Å². The first-order valence-electron chi connectivity index (χ1n) is 8.20. The molecule has 1 saturated carbocycles. The number of carbonyl (C=O) groups excluding carboxylic acids is 1. The molecule has 3 nitrogen and oxygen atoms in total. The van der Waals surface area contributed by atoms with Crippen molar-refractivity contribution in [2.45, 2.75) is 77.7 Å². The van der Waals surface area contributed by atoms with Crippen LogP contribution in [0.15, 0.2) is 12.1 Å². The number of phenolic OH excluding ortho intramolecular Hbond substituents is 1. The average Bonchev–Trinajstić information content (AvgIpc) is 2.39. The Balaban J connectivity index is 2.43. The Morgan fingerprint density at radius 1 is 1.18 bits per heavy atom. The van der Waals surface area contributed by atoms with E-state index in [1.807, 2.05) is 33.8 Å². The summed E-state index contributed by atoms with van der Waals surface area (Å²) in [5.41, 5.74) is 1.55. The number of benzene rings is 1. The number of hydrogen-bond acceptors (Lipinski definition) is 3. The smallest absolute Gasteiger partial charge is 0.342 e. The zero-order valence-electron chi connectivity index (χ0n) is 14.5. The molecule has 1 N–H and O–H groups in total. The summed E-state index contributed by atoms with van der Waals surface area (Å²) in [6.45, 7) is 9.66. The van der Waals surface area contributed by atoms with Crippen molar-refractivity contribution >= 4 is 5.97 Å². The highest BCUT2D eigenvalue weighted by atomic mass is 16.6. The van der Waals surface area contributed by atoms with Gasteiger partial charge in [0.05, 0.1) is 0 Å². The van der Waals surface area contributed by atoms with Crippen LogP contribution in [-0.2, 0) is 10.2 Å². The van der Waals surface area contributed by atoms with Gasteiger partial charge in [-0.05, 0) is 57.6 Å². The predicted octanol–water partition coefficient (Wildman–Crippen LogP) is 4.88. The molecule has 0 bridgehead atoms. The Morgan fingerprint density at radius 2 is 1.77 bits per heavy atom. The second-order valence-corrected chi connectivity index (χ2v) is 7.83. The van der Waals surface area contributed by atoms with E-state index in [2.05, 4.69) is 6.92 Å². The fourth-order valence-electron chi connectivity index (χ4n) is 3.33. The molecule has 1 aliphatic carbocycles. The van der Waals surface area contributed by atoms with Crippen LogP contribution in [0.5, 0.6) is 5.75 Å². The maximum Gasteiger partial charge on any atom is 0.342 e. The summed E-state index contributed by atoms with van der Waals surface area (Å²) in [5, 5.41) is 10.7. The van der Waals surface area contributed by atoms with Gasteiger partial charge in [0.1, 0.15) is 16.9 Å². The monoisotopic (exact) mass is 304 g/mol. The van der Waals surface area contributed by atoms with E-state index < -0.39 is 11.6 Å². The van der Waals surface area contributed by atoms with Crippen LogP contribution in [0.4, 0.5) is 0 Å². The normalized spacial score (nSPS) is 18.0. The molecule has 0 amide bonds. The van der Waals surface area contributed by atoms with Gasteiger partial charge >= 0.3 is 5.97 Å². The highest BCUT2D eigenvalue weighted by Crippen LogP contribution is 2.44. The second kappa shape index (κ2) is 5.94. The lowest BCUT2D eigenvalue weighted by atomic mass is 9.70. The molecule has 22 heavy (non-hydrogen) atoms. The van der Waals surface area contributed by atoms with E-state index in [1.54, 1.807) is 6.07 Å². The molecule has 0 aliphatic heterocycles. The number of phenols is 1. The lowest BCUT2D eigenvalue weighted by Crippen LogP contribution is -2.27. The van der Waals surface area contributed by atoms with Gasteiger partial charge in [-0.3, -0.25) is 0 Å². The Bertz CT molecular complexity index is 561. The van der Waals surface area contributed by atoms with Crippen LogP contribution in [0, 0.1) is 6.92 Å². The molecule has 0 spiro atoms. The van der Waals surface area contributed by atoms with Gasteiger partial charge in [0, 0.05) is 5.56 Å². The summed E-state index contributed by atoms with van der Waals surface area (Å²) in [4.78, 5) is 12.4. The van der Waals surface area contributed by atoms with Crippen molar-refractivity contribution in [2.24, 2.45) is 0 Å². The zero-order valence-corrected chi connectivity index (χ0v) is 14.5. The number of esters is 1. The van der Waals surface area contributed by atoms with Gasteiger partial charge in [-0.1, -0.05) is 32.3 Å². The fourth-order valence-corrected chi connectivity index (χ4v) is 3.33. The van der Waals surface area contributed by atoms with E-state index in [-0.39, 0.29) is 16.7 Å². The summed E-state index contributed by atoms with van der Waals surface area (Å²) in [6, 6.07) is 3.74. The van der Waals surface area contributed by atoms with Crippen LogP contribution in [0.3, 0.4) is 0 Å². The summed E-state index contributed by atoms with van der Waals surface area (Å²) in [7, 11) is 0. The number of ether oxygens (including phenoxy) is 1. The second-order valence-electron chi connectivity index (χ2n) is 7.83. The Hall–Kier alpha value is -1.51. The first kappa shape index (κ1) is 16.9. The van der Waals surface area contributed by atoms with Crippen LogP contribution in [-0.4, -0.2) is 16.7 Å². The molecule has 1 aromatic rings. The van der Waals surface area contributed by atoms with Crippen molar-refractivity contribution in [1.29, 1.82) is 0 Å². The first-order chi connectivity index (χ1) is 10.1. The van der Waals surface area contributed by atoms with Gasteiger partial charge in [-0.15, -0.1) is 0 Å². The average molecular weight is 304 g/mol. The number of carbonyl (C=O) groups is 1. The standard InChI is InChI=1S/C19H28O3/c1-13-11-14(17(21)22-18(2,3)4)16(20)15(12-13)19(5)9-7-6-8-10-19/h11-12,20H,6-10H2,1-5H3. The molecule has 0 radical (unpaired) electrons. The van der Waals surface area contributed by atoms with Crippen molar-refractivity contribution in [3.05, 3.63) is 28.8 Å². The number of aromatic hydroxyl groups is 1. The molecule has 2 rings (SSSR count). The number of rotatable bonds is 2. The van der Waals surface area contributed by atoms with E-state index in [9.17, 15) is 9.90 Å². The Labute approximate surface area is 133 Å². The number of aryl methyl sites for hydroxylation is 1. The third-order valence-electron chi connectivity index (χ3n) is 4.48. The minimum absolute atomic E-state index is 0.0505. The van der Waals surface area contributed by atoms with Crippen LogP contribution in [0.2, 0.25) is 0 Å². The summed E-state index contributed by atoms with van der Waals surface area (Å²) in [6.07, 6.45) is 5.70. The van der Waals surface area contributed by atoms with E-state index in [0.717, 1.165) is 24.0 Å². The lowest BCUT2D eigenvalue weighted by molar-refractivity contribution is 0.00663. The predicted molar refractivity (Wildman–Crippen MR) is 88.4 cm³/mol. The Kier molecular flexibility index (Phi) is 4.55. The van der Waals surface area contributed by atoms with Crippen molar-refractivity contribution in [3.8, 4) is 5.75 Å². The van der Waals surface area contributed by atoms with Crippen molar-refractivity contribution in [1.82, 2.24) is 0 Å². The van der Waals surface area contributed by atoms with Gasteiger partial charge in [0.2, 0.25) is 0 Å². The highest BCUT2D eigenvalue weighted by Gasteiger charge is 2.33. The van der Waals surface area contributed by atoms with Crippen LogP contribution < -0.4 is 0 Å². The first-order valence-corrected chi connectivity index (χ1v) is 8.20. The van der Waals surface area contributed by atoms with Crippen molar-refractivity contribution in [3.63, 3.8) is 0 Å². The zero-order chi connectivity index (χ0) is 16.5. The van der Waals surface area contributed by atoms with Gasteiger partial charge in [-0.25, -0.2) is 4.79 Å². The highest BCUT2D eigenvalue weighted by molar-refractivity contribution is 5.93. The molecule has 0 aromatic heterocycles. The van der Waals surface area contributed by atoms with Crippen molar-refractivity contribution < 1.29 is 14.6 Å². The minimum Gasteiger partial charge on any atom is -0.507 e. The van der Waals surface area contributed by atoms with Crippen LogP contribution in [0.25, 0.3) is 0 Å². The molecule has 1 aliphatic rings. The van der Waals surface area contributed by atoms with E-state index in [4.69, 9.17) is 4.74 Å². The largest absolute Gasteiger partial charge is 0.507 e. The molecule has 122 valence electrons. The van der Waals surface area contributed by atoms with Crippen LogP contribution >= 0.6 is 0 Å². The molecular weight excluding hydrogens is 276 g/mol. The van der Waals surface area contributed by atoms with E-state index in [1.165, 1.54) is 19.3 Å². The fraction of sp³-hybridized carbons (Fsp3) is 0.632. The van der Waals surface area contributed by atoms with Gasteiger partial charge in [-0.2, -0.15) is 0 Å². The SMILES string of the molecule is Cc1cc(C(=O)OC(C)(C)C)c(O)c(C2(C)CCCCC2)c1. The molecule has 0 unspecified atom stereocenters. The lowest BCUT2D eigenvalue weighted by Gasteiger charge is -2.35. The molecule has 1 aromatic carbocycles. The van der Waals surface area contributed by atoms with E-state index >= 15 is 0 Å². The third-order valence-corrected chi connectivity index (χ3v) is 4.48. The third kappa shape index (κ3) is 3.63. The molecule has 0 saturated heterocycles. The van der Waals surface area contributed by atoms with Crippen molar-refractivity contribution in [2.75, 3.05) is 0 Å². The molecule has 3 heteroatoms. The number of hydrogen-bond donors (Lipinski definition) is 1. The molecule has 0 heterocycles. The van der Waals surface area contributed by atoms with Crippen LogP contribution in [0.1, 0.15) is 81.3 Å². The summed E-state index contributed by atoms with van der Waals surface area (Å²) in [5.74, 6) is -0.349. The van der Waals surface area contributed by atoms with E-state index in [0.29, 0.717) is 0 Å². The van der Waals surface area contributed by atoms with Gasteiger partial charge in [0.25, 0.3) is 0 Å². The summed E-state index contributed by atoms with van der Waals surface area (Å²) < 4.78 is 5.44. The molecule has 0 atom stereocenters. The minimum atomic E-state index is -0.567. The molecular formula is C19H28O3. The topological polar surface area (TPSA) is 46.5 Å². The summed E-state index contributed by atoms with van der Waals surface area (Å²) >= 11 is 0. The Morgan fingerprint density at radius 3 is 2.32 bits per heavy atom. The molecule has 1 fully saturated rings. The maximum absolute atomic E-state index is 12.4. The quantitative estimate of drug-likeness (QED) is 0.792. The maximum atomic E-state index is 12.4.